The third kappa shape index (κ3) is 4.15. The summed E-state index contributed by atoms with van der Waals surface area (Å²) in [5.74, 6) is -0.413. The van der Waals surface area contributed by atoms with Gasteiger partial charge in [-0.2, -0.15) is 5.10 Å². The molecular formula is C26H23ClN4O3. The molecule has 2 aromatic heterocycles. The lowest BCUT2D eigenvalue weighted by atomic mass is 9.94. The van der Waals surface area contributed by atoms with Crippen LogP contribution >= 0.6 is 11.6 Å². The highest BCUT2D eigenvalue weighted by molar-refractivity contribution is 6.31. The number of halogens is 1. The minimum Gasteiger partial charge on any atom is -0.348 e. The Bertz CT molecular complexity index is 1470. The van der Waals surface area contributed by atoms with E-state index in [1.54, 1.807) is 31.2 Å². The van der Waals surface area contributed by atoms with E-state index in [4.69, 9.17) is 11.6 Å². The maximum atomic E-state index is 13.6. The molecule has 2 aromatic carbocycles. The molecular weight excluding hydrogens is 452 g/mol. The van der Waals surface area contributed by atoms with Crippen LogP contribution in [0.5, 0.6) is 0 Å². The number of hydrogen-bond donors (Lipinski definition) is 2. The van der Waals surface area contributed by atoms with E-state index in [-0.39, 0.29) is 42.0 Å². The minimum absolute atomic E-state index is 0.0714. The quantitative estimate of drug-likeness (QED) is 0.383. The Morgan fingerprint density at radius 2 is 1.88 bits per heavy atom. The van der Waals surface area contributed by atoms with E-state index in [1.807, 2.05) is 30.3 Å². The average molecular weight is 475 g/mol. The van der Waals surface area contributed by atoms with Crippen molar-refractivity contribution in [2.24, 2.45) is 0 Å². The highest BCUT2D eigenvalue weighted by Gasteiger charge is 2.26. The second kappa shape index (κ2) is 8.91. The fraction of sp³-hybridized carbons (Fsp3) is 0.231. The van der Waals surface area contributed by atoms with Gasteiger partial charge in [0, 0.05) is 28.4 Å². The van der Waals surface area contributed by atoms with Crippen LogP contribution in [-0.2, 0) is 6.54 Å². The first-order valence-corrected chi connectivity index (χ1v) is 11.6. The normalized spacial score (nSPS) is 13.2. The predicted octanol–water partition coefficient (Wildman–Crippen LogP) is 4.58. The second-order valence-corrected chi connectivity index (χ2v) is 8.91. The summed E-state index contributed by atoms with van der Waals surface area (Å²) in [5.41, 5.74) is 2.30. The largest absolute Gasteiger partial charge is 0.348 e. The summed E-state index contributed by atoms with van der Waals surface area (Å²) in [6.07, 6.45) is 2.18. The zero-order valence-electron chi connectivity index (χ0n) is 18.6. The van der Waals surface area contributed by atoms with Crippen LogP contribution in [-0.4, -0.2) is 32.5 Å². The molecule has 4 aromatic rings. The van der Waals surface area contributed by atoms with Crippen molar-refractivity contribution in [3.63, 3.8) is 0 Å². The van der Waals surface area contributed by atoms with Crippen molar-refractivity contribution in [3.05, 3.63) is 87.1 Å². The van der Waals surface area contributed by atoms with E-state index < -0.39 is 0 Å². The lowest BCUT2D eigenvalue weighted by Gasteiger charge is -2.19. The molecule has 0 saturated heterocycles. The third-order valence-electron chi connectivity index (χ3n) is 5.99. The smallest absolute Gasteiger partial charge is 0.271 e. The van der Waals surface area contributed by atoms with Crippen LogP contribution in [0.3, 0.4) is 0 Å². The van der Waals surface area contributed by atoms with E-state index in [2.05, 4.69) is 15.5 Å². The van der Waals surface area contributed by atoms with Gasteiger partial charge in [-0.15, -0.1) is 0 Å². The number of H-pyrrole nitrogens is 1. The summed E-state index contributed by atoms with van der Waals surface area (Å²) in [6, 6.07) is 16.4. The molecule has 34 heavy (non-hydrogen) atoms. The highest BCUT2D eigenvalue weighted by atomic mass is 35.5. The average Bonchev–Trinajstić information content (AvgIpc) is 3.53. The molecule has 0 atom stereocenters. The van der Waals surface area contributed by atoms with E-state index in [0.717, 1.165) is 18.4 Å². The Morgan fingerprint density at radius 3 is 2.59 bits per heavy atom. The van der Waals surface area contributed by atoms with Crippen molar-refractivity contribution in [1.82, 2.24) is 20.1 Å². The number of hydrogen-bond acceptors (Lipinski definition) is 4. The number of aromatic amines is 1. The minimum atomic E-state index is -0.304. The zero-order chi connectivity index (χ0) is 23.8. The molecule has 0 radical (unpaired) electrons. The number of fused-ring (bicyclic) bond motifs is 1. The molecule has 0 spiro atoms. The molecule has 2 N–H and O–H groups in total. The number of nitrogens with one attached hydrogen (secondary N) is 2. The van der Waals surface area contributed by atoms with Crippen molar-refractivity contribution in [2.75, 3.05) is 0 Å². The van der Waals surface area contributed by atoms with Crippen LogP contribution in [0.15, 0.2) is 59.4 Å². The molecule has 1 amide bonds. The molecule has 1 saturated carbocycles. The maximum absolute atomic E-state index is 13.6. The van der Waals surface area contributed by atoms with E-state index in [0.29, 0.717) is 32.7 Å². The fourth-order valence-electron chi connectivity index (χ4n) is 4.14. The molecule has 5 rings (SSSR count). The van der Waals surface area contributed by atoms with Crippen LogP contribution in [0.1, 0.15) is 52.9 Å². The SMILES string of the molecule is CCC(=O)c1c(-c2ccccc2)c2cc(Cl)ccc2c(=O)n1Cc1cc(C(=O)NC2CC2)n[nH]1. The van der Waals surface area contributed by atoms with E-state index in [1.165, 1.54) is 4.57 Å². The summed E-state index contributed by atoms with van der Waals surface area (Å²) in [5, 5.41) is 11.4. The number of ketones is 1. The summed E-state index contributed by atoms with van der Waals surface area (Å²) in [4.78, 5) is 39.2. The van der Waals surface area contributed by atoms with Crippen molar-refractivity contribution in [2.45, 2.75) is 38.8 Å². The standard InChI is InChI=1S/C26H23ClN4O3/c1-2-22(32)24-23(15-6-4-3-5-7-15)20-12-16(27)8-11-19(20)26(34)31(24)14-18-13-21(30-29-18)25(33)28-17-9-10-17/h3-8,11-13,17H,2,9-10,14H2,1H3,(H,28,33)(H,29,30). The monoisotopic (exact) mass is 474 g/mol. The van der Waals surface area contributed by atoms with E-state index in [9.17, 15) is 14.4 Å². The molecule has 0 unspecified atom stereocenters. The van der Waals surface area contributed by atoms with Crippen molar-refractivity contribution >= 4 is 34.1 Å². The number of amides is 1. The number of pyridine rings is 1. The van der Waals surface area contributed by atoms with Crippen molar-refractivity contribution in [3.8, 4) is 11.1 Å². The number of aromatic nitrogens is 3. The second-order valence-electron chi connectivity index (χ2n) is 8.47. The number of Topliss-reactive ketones (excluding diaryl/α,β-unsaturated/α-hetero) is 1. The molecule has 7 nitrogen and oxygen atoms in total. The van der Waals surface area contributed by atoms with Gasteiger partial charge < -0.3 is 5.32 Å². The Morgan fingerprint density at radius 1 is 1.12 bits per heavy atom. The van der Waals surface area contributed by atoms with Gasteiger partial charge in [0.05, 0.1) is 17.9 Å². The molecule has 172 valence electrons. The summed E-state index contributed by atoms with van der Waals surface area (Å²) in [6.45, 7) is 1.84. The van der Waals surface area contributed by atoms with Gasteiger partial charge in [0.2, 0.25) is 0 Å². The predicted molar refractivity (Wildman–Crippen MR) is 131 cm³/mol. The topological polar surface area (TPSA) is 96.8 Å². The van der Waals surface area contributed by atoms with Gasteiger partial charge >= 0.3 is 0 Å². The van der Waals surface area contributed by atoms with Crippen LogP contribution < -0.4 is 10.9 Å². The van der Waals surface area contributed by atoms with Crippen LogP contribution in [0, 0.1) is 0 Å². The van der Waals surface area contributed by atoms with Gasteiger partial charge in [-0.3, -0.25) is 24.0 Å². The van der Waals surface area contributed by atoms with Crippen LogP contribution in [0.4, 0.5) is 0 Å². The van der Waals surface area contributed by atoms with Gasteiger partial charge in [-0.25, -0.2) is 0 Å². The first kappa shape index (κ1) is 22.1. The fourth-order valence-corrected chi connectivity index (χ4v) is 4.31. The van der Waals surface area contributed by atoms with Gasteiger partial charge in [0.1, 0.15) is 5.69 Å². The molecule has 0 bridgehead atoms. The van der Waals surface area contributed by atoms with Crippen molar-refractivity contribution in [1.29, 1.82) is 0 Å². The molecule has 2 heterocycles. The summed E-state index contributed by atoms with van der Waals surface area (Å²) >= 11 is 6.29. The number of rotatable bonds is 7. The Balaban J connectivity index is 1.70. The van der Waals surface area contributed by atoms with E-state index >= 15 is 0 Å². The lowest BCUT2D eigenvalue weighted by Crippen LogP contribution is -2.28. The zero-order valence-corrected chi connectivity index (χ0v) is 19.4. The van der Waals surface area contributed by atoms with Crippen LogP contribution in [0.25, 0.3) is 21.9 Å². The molecule has 8 heteroatoms. The van der Waals surface area contributed by atoms with Gasteiger partial charge in [0.15, 0.2) is 5.78 Å². The molecule has 0 aliphatic heterocycles. The maximum Gasteiger partial charge on any atom is 0.271 e. The first-order chi connectivity index (χ1) is 16.5. The Labute approximate surface area is 200 Å². The number of carbonyl (C=O) groups excluding carboxylic acids is 2. The summed E-state index contributed by atoms with van der Waals surface area (Å²) in [7, 11) is 0. The summed E-state index contributed by atoms with van der Waals surface area (Å²) < 4.78 is 1.47. The Kier molecular flexibility index (Phi) is 5.79. The number of carbonyl (C=O) groups is 2. The highest BCUT2D eigenvalue weighted by Crippen LogP contribution is 2.33. The lowest BCUT2D eigenvalue weighted by molar-refractivity contribution is 0.0944. The third-order valence-corrected chi connectivity index (χ3v) is 6.22. The molecule has 1 fully saturated rings. The van der Waals surface area contributed by atoms with Gasteiger partial charge in [-0.05, 0) is 48.1 Å². The molecule has 1 aliphatic carbocycles. The molecule has 1 aliphatic rings. The first-order valence-electron chi connectivity index (χ1n) is 11.3. The van der Waals surface area contributed by atoms with Crippen molar-refractivity contribution < 1.29 is 9.59 Å². The van der Waals surface area contributed by atoms with Gasteiger partial charge in [-0.1, -0.05) is 48.9 Å². The van der Waals surface area contributed by atoms with Gasteiger partial charge in [0.25, 0.3) is 11.5 Å². The number of benzene rings is 2. The van der Waals surface area contributed by atoms with Crippen LogP contribution in [0.2, 0.25) is 5.02 Å². The number of nitrogens with zero attached hydrogens (tertiary/aromatic N) is 2. The Hall–Kier alpha value is -3.71.